The summed E-state index contributed by atoms with van der Waals surface area (Å²) in [7, 11) is -3.68. The van der Waals surface area contributed by atoms with E-state index in [1.54, 1.807) is 28.8 Å². The molecule has 1 unspecified atom stereocenters. The van der Waals surface area contributed by atoms with Crippen molar-refractivity contribution in [1.82, 2.24) is 8.87 Å². The van der Waals surface area contributed by atoms with Crippen molar-refractivity contribution in [2.75, 3.05) is 13.1 Å². The van der Waals surface area contributed by atoms with Crippen molar-refractivity contribution < 1.29 is 23.1 Å². The molecule has 0 amide bonds. The summed E-state index contributed by atoms with van der Waals surface area (Å²) in [6.07, 6.45) is 0.593. The smallest absolute Gasteiger partial charge is 0.323 e. The number of halogens is 2. The maximum absolute atomic E-state index is 13.3. The minimum absolute atomic E-state index is 0.000394. The van der Waals surface area contributed by atoms with E-state index in [0.29, 0.717) is 29.4 Å². The summed E-state index contributed by atoms with van der Waals surface area (Å²) in [5.74, 6) is -0.525. The average Bonchev–Trinajstić information content (AvgIpc) is 3.32. The molecule has 1 saturated heterocycles. The summed E-state index contributed by atoms with van der Waals surface area (Å²) >= 11 is 10.1. The van der Waals surface area contributed by atoms with Crippen molar-refractivity contribution in [2.45, 2.75) is 43.7 Å². The van der Waals surface area contributed by atoms with E-state index in [4.69, 9.17) is 16.3 Å². The number of carboxylic acid groups (broad SMARTS) is 1. The van der Waals surface area contributed by atoms with Gasteiger partial charge in [0.1, 0.15) is 17.4 Å². The van der Waals surface area contributed by atoms with E-state index >= 15 is 0 Å². The lowest BCUT2D eigenvalue weighted by molar-refractivity contribution is -0.137. The molecule has 3 aromatic rings. The van der Waals surface area contributed by atoms with Gasteiger partial charge in [0.15, 0.2) is 0 Å². The van der Waals surface area contributed by atoms with Gasteiger partial charge in [0, 0.05) is 34.4 Å². The molecule has 0 aliphatic carbocycles. The number of benzene rings is 2. The Balaban J connectivity index is 1.64. The Morgan fingerprint density at radius 2 is 1.94 bits per heavy atom. The molecule has 10 heteroatoms. The standard InChI is InChI=1S/C23H24BrClN2O5S/c1-14(2)32-17-4-6-18(7-5-17)33(30,31)26-10-9-15(12-26)22-19-8-3-16(24)11-20(19)27(23(22)25)13-21(28)29/h3-8,11,14-15H,9-10,12-13H2,1-2H3,(H,28,29). The highest BCUT2D eigenvalue weighted by molar-refractivity contribution is 9.10. The number of nitrogens with zero attached hydrogens (tertiary/aromatic N) is 2. The third kappa shape index (κ3) is 4.77. The number of carboxylic acids is 1. The van der Waals surface area contributed by atoms with Crippen LogP contribution in [0.3, 0.4) is 0 Å². The molecule has 1 N–H and O–H groups in total. The monoisotopic (exact) mass is 554 g/mol. The number of hydrogen-bond acceptors (Lipinski definition) is 4. The normalized spacial score (nSPS) is 17.2. The minimum atomic E-state index is -3.68. The lowest BCUT2D eigenvalue weighted by atomic mass is 9.98. The van der Waals surface area contributed by atoms with Gasteiger partial charge >= 0.3 is 5.97 Å². The van der Waals surface area contributed by atoms with Crippen molar-refractivity contribution in [2.24, 2.45) is 0 Å². The molecule has 2 aromatic carbocycles. The van der Waals surface area contributed by atoms with E-state index in [2.05, 4.69) is 15.9 Å². The van der Waals surface area contributed by atoms with Gasteiger partial charge in [-0.25, -0.2) is 8.42 Å². The molecule has 1 aliphatic rings. The van der Waals surface area contributed by atoms with E-state index in [1.165, 1.54) is 4.31 Å². The molecule has 1 fully saturated rings. The molecule has 1 atom stereocenters. The molecule has 7 nitrogen and oxygen atoms in total. The van der Waals surface area contributed by atoms with Gasteiger partial charge in [-0.2, -0.15) is 4.31 Å². The Labute approximate surface area is 206 Å². The molecule has 176 valence electrons. The van der Waals surface area contributed by atoms with Crippen LogP contribution in [-0.4, -0.2) is 47.6 Å². The van der Waals surface area contributed by atoms with Gasteiger partial charge in [0.2, 0.25) is 10.0 Å². The Morgan fingerprint density at radius 1 is 1.24 bits per heavy atom. The van der Waals surface area contributed by atoms with Crippen molar-refractivity contribution in [3.8, 4) is 5.75 Å². The number of fused-ring (bicyclic) bond motifs is 1. The van der Waals surface area contributed by atoms with Crippen LogP contribution in [-0.2, 0) is 21.4 Å². The quantitative estimate of drug-likeness (QED) is 0.438. The van der Waals surface area contributed by atoms with Gasteiger partial charge in [0.05, 0.1) is 16.5 Å². The SMILES string of the molecule is CC(C)Oc1ccc(S(=O)(=O)N2CCC(c3c(Cl)n(CC(=O)O)c4cc(Br)ccc34)C2)cc1. The topological polar surface area (TPSA) is 88.8 Å². The molecule has 0 saturated carbocycles. The fourth-order valence-corrected chi connectivity index (χ4v) is 6.55. The summed E-state index contributed by atoms with van der Waals surface area (Å²) in [5, 5.41) is 10.5. The predicted molar refractivity (Wildman–Crippen MR) is 131 cm³/mol. The van der Waals surface area contributed by atoms with E-state index in [1.807, 2.05) is 32.0 Å². The molecular formula is C23H24BrClN2O5S. The fourth-order valence-electron chi connectivity index (χ4n) is 4.29. The third-order valence-electron chi connectivity index (χ3n) is 5.69. The number of aromatic nitrogens is 1. The molecule has 1 aromatic heterocycles. The Bertz CT molecular complexity index is 1300. The number of hydrogen-bond donors (Lipinski definition) is 1. The summed E-state index contributed by atoms with van der Waals surface area (Å²) in [6.45, 7) is 4.17. The second kappa shape index (κ2) is 9.29. The van der Waals surface area contributed by atoms with Gasteiger partial charge < -0.3 is 14.4 Å². The molecule has 2 heterocycles. The maximum atomic E-state index is 13.3. The predicted octanol–water partition coefficient (Wildman–Crippen LogP) is 5.11. The first-order valence-corrected chi connectivity index (χ1v) is 13.1. The first kappa shape index (κ1) is 24.1. The highest BCUT2D eigenvalue weighted by Crippen LogP contribution is 2.41. The van der Waals surface area contributed by atoms with Crippen LogP contribution in [0.4, 0.5) is 0 Å². The number of aliphatic carboxylic acids is 1. The highest BCUT2D eigenvalue weighted by Gasteiger charge is 2.36. The number of ether oxygens (including phenoxy) is 1. The molecule has 4 rings (SSSR count). The Hall–Kier alpha value is -2.07. The summed E-state index contributed by atoms with van der Waals surface area (Å²) in [5.41, 5.74) is 1.49. The largest absolute Gasteiger partial charge is 0.491 e. The first-order valence-electron chi connectivity index (χ1n) is 10.5. The summed E-state index contributed by atoms with van der Waals surface area (Å²) < 4.78 is 35.9. The lowest BCUT2D eigenvalue weighted by Gasteiger charge is -2.17. The molecule has 0 spiro atoms. The zero-order valence-corrected chi connectivity index (χ0v) is 21.3. The third-order valence-corrected chi connectivity index (χ3v) is 8.47. The fraction of sp³-hybridized carbons (Fsp3) is 0.348. The van der Waals surface area contributed by atoms with Gasteiger partial charge in [0.25, 0.3) is 0 Å². The maximum Gasteiger partial charge on any atom is 0.323 e. The van der Waals surface area contributed by atoms with E-state index < -0.39 is 16.0 Å². The van der Waals surface area contributed by atoms with Crippen molar-refractivity contribution in [1.29, 1.82) is 0 Å². The van der Waals surface area contributed by atoms with Crippen molar-refractivity contribution in [3.05, 3.63) is 57.7 Å². The van der Waals surface area contributed by atoms with E-state index in [0.717, 1.165) is 15.4 Å². The zero-order chi connectivity index (χ0) is 23.9. The van der Waals surface area contributed by atoms with Crippen LogP contribution in [0.15, 0.2) is 51.8 Å². The Kier molecular flexibility index (Phi) is 6.77. The van der Waals surface area contributed by atoms with Crippen LogP contribution in [0, 0.1) is 0 Å². The van der Waals surface area contributed by atoms with Gasteiger partial charge in [-0.1, -0.05) is 33.6 Å². The molecule has 0 radical (unpaired) electrons. The highest BCUT2D eigenvalue weighted by atomic mass is 79.9. The van der Waals surface area contributed by atoms with Crippen molar-refractivity contribution in [3.63, 3.8) is 0 Å². The van der Waals surface area contributed by atoms with Crippen LogP contribution >= 0.6 is 27.5 Å². The summed E-state index contributed by atoms with van der Waals surface area (Å²) in [4.78, 5) is 11.6. The Morgan fingerprint density at radius 3 is 2.58 bits per heavy atom. The number of sulfonamides is 1. The van der Waals surface area contributed by atoms with Gasteiger partial charge in [-0.15, -0.1) is 0 Å². The van der Waals surface area contributed by atoms with E-state index in [-0.39, 0.29) is 30.0 Å². The molecular weight excluding hydrogens is 532 g/mol. The van der Waals surface area contributed by atoms with Crippen LogP contribution in [0.2, 0.25) is 5.15 Å². The lowest BCUT2D eigenvalue weighted by Crippen LogP contribution is -2.28. The van der Waals surface area contributed by atoms with Gasteiger partial charge in [-0.3, -0.25) is 4.79 Å². The van der Waals surface area contributed by atoms with Crippen LogP contribution in [0.25, 0.3) is 10.9 Å². The van der Waals surface area contributed by atoms with Crippen LogP contribution in [0.1, 0.15) is 31.7 Å². The average molecular weight is 556 g/mol. The van der Waals surface area contributed by atoms with Crippen LogP contribution < -0.4 is 4.74 Å². The number of carbonyl (C=O) groups is 1. The molecule has 33 heavy (non-hydrogen) atoms. The summed E-state index contributed by atoms with van der Waals surface area (Å²) in [6, 6.07) is 12.0. The second-order valence-electron chi connectivity index (χ2n) is 8.33. The molecule has 0 bridgehead atoms. The second-order valence-corrected chi connectivity index (χ2v) is 11.5. The van der Waals surface area contributed by atoms with Crippen molar-refractivity contribution >= 4 is 54.4 Å². The molecule has 1 aliphatic heterocycles. The first-order chi connectivity index (χ1) is 15.6. The van der Waals surface area contributed by atoms with E-state index in [9.17, 15) is 18.3 Å². The minimum Gasteiger partial charge on any atom is -0.491 e. The number of rotatable bonds is 7. The van der Waals surface area contributed by atoms with Gasteiger partial charge in [-0.05, 0) is 56.7 Å². The van der Waals surface area contributed by atoms with Crippen LogP contribution in [0.5, 0.6) is 5.75 Å². The zero-order valence-electron chi connectivity index (χ0n) is 18.2.